The first-order valence-electron chi connectivity index (χ1n) is 15.4. The SMILES string of the molecule is CCC(=Cc1oc2ccc3ccccc3c2[n+]1CCC(C)C)C=C1Oc2cc3ccccc3cc2N1CCCCS(=O)(=O)O. The molecule has 0 bridgehead atoms. The van der Waals surface area contributed by atoms with Gasteiger partial charge in [0.05, 0.1) is 22.9 Å². The van der Waals surface area contributed by atoms with Crippen molar-refractivity contribution in [1.29, 1.82) is 0 Å². The highest BCUT2D eigenvalue weighted by molar-refractivity contribution is 7.85. The van der Waals surface area contributed by atoms with Gasteiger partial charge < -0.3 is 14.1 Å². The summed E-state index contributed by atoms with van der Waals surface area (Å²) in [5.74, 6) is 2.53. The number of anilines is 1. The number of aryl methyl sites for hydroxylation is 1. The summed E-state index contributed by atoms with van der Waals surface area (Å²) in [6.45, 7) is 7.98. The number of allylic oxidation sites excluding steroid dienone is 2. The van der Waals surface area contributed by atoms with Crippen molar-refractivity contribution in [2.75, 3.05) is 17.2 Å². The van der Waals surface area contributed by atoms with Crippen LogP contribution in [0.15, 0.2) is 94.7 Å². The molecule has 0 saturated heterocycles. The molecule has 7 nitrogen and oxygen atoms in total. The Balaban J connectivity index is 1.41. The van der Waals surface area contributed by atoms with E-state index in [1.165, 1.54) is 10.8 Å². The van der Waals surface area contributed by atoms with Crippen molar-refractivity contribution < 1.29 is 26.7 Å². The van der Waals surface area contributed by atoms with Crippen molar-refractivity contribution in [1.82, 2.24) is 0 Å². The van der Waals surface area contributed by atoms with Crippen molar-refractivity contribution >= 4 is 54.5 Å². The summed E-state index contributed by atoms with van der Waals surface area (Å²) in [6, 6.07) is 24.9. The lowest BCUT2D eigenvalue weighted by molar-refractivity contribution is -0.678. The summed E-state index contributed by atoms with van der Waals surface area (Å²) >= 11 is 0. The number of hydrogen-bond donors (Lipinski definition) is 1. The molecule has 0 spiro atoms. The Morgan fingerprint density at radius 3 is 2.43 bits per heavy atom. The molecule has 2 heterocycles. The van der Waals surface area contributed by atoms with E-state index >= 15 is 0 Å². The third kappa shape index (κ3) is 6.37. The van der Waals surface area contributed by atoms with E-state index in [9.17, 15) is 13.0 Å². The smallest absolute Gasteiger partial charge is 0.374 e. The molecular formula is C36H39N2O5S+. The zero-order valence-electron chi connectivity index (χ0n) is 25.5. The van der Waals surface area contributed by atoms with Gasteiger partial charge in [-0.1, -0.05) is 69.3 Å². The fourth-order valence-corrected chi connectivity index (χ4v) is 6.40. The van der Waals surface area contributed by atoms with Crippen LogP contribution in [0.2, 0.25) is 0 Å². The minimum atomic E-state index is -4.01. The number of oxazole rings is 1. The Morgan fingerprint density at radius 1 is 0.977 bits per heavy atom. The molecule has 0 amide bonds. The van der Waals surface area contributed by atoms with Crippen LogP contribution in [-0.2, 0) is 16.7 Å². The summed E-state index contributed by atoms with van der Waals surface area (Å²) in [4.78, 5) is 2.11. The van der Waals surface area contributed by atoms with Gasteiger partial charge in [-0.15, -0.1) is 0 Å². The van der Waals surface area contributed by atoms with Gasteiger partial charge >= 0.3 is 5.89 Å². The molecule has 0 aliphatic carbocycles. The summed E-state index contributed by atoms with van der Waals surface area (Å²) in [5, 5.41) is 4.55. The number of aromatic nitrogens is 1. The van der Waals surface area contributed by atoms with Gasteiger partial charge in [0, 0.05) is 19.0 Å². The average molecular weight is 612 g/mol. The zero-order valence-corrected chi connectivity index (χ0v) is 26.3. The van der Waals surface area contributed by atoms with Crippen molar-refractivity contribution in [3.8, 4) is 5.75 Å². The van der Waals surface area contributed by atoms with Gasteiger partial charge in [0.1, 0.15) is 0 Å². The lowest BCUT2D eigenvalue weighted by Crippen LogP contribution is -2.36. The van der Waals surface area contributed by atoms with Crippen LogP contribution in [0.4, 0.5) is 5.69 Å². The molecule has 0 fully saturated rings. The summed E-state index contributed by atoms with van der Waals surface area (Å²) in [5.41, 5.74) is 3.95. The highest BCUT2D eigenvalue weighted by Gasteiger charge is 2.28. The largest absolute Gasteiger partial charge is 0.439 e. The Bertz CT molecular complexity index is 2010. The van der Waals surface area contributed by atoms with Crippen LogP contribution >= 0.6 is 0 Å². The molecule has 1 N–H and O–H groups in total. The molecular weight excluding hydrogens is 572 g/mol. The highest BCUT2D eigenvalue weighted by atomic mass is 32.2. The molecule has 0 saturated carbocycles. The average Bonchev–Trinajstić information content (AvgIpc) is 3.52. The second kappa shape index (κ2) is 12.5. The van der Waals surface area contributed by atoms with Gasteiger partial charge in [0.25, 0.3) is 15.6 Å². The first kappa shape index (κ1) is 29.9. The maximum Gasteiger partial charge on any atom is 0.374 e. The predicted octanol–water partition coefficient (Wildman–Crippen LogP) is 8.27. The van der Waals surface area contributed by atoms with Gasteiger partial charge in [-0.3, -0.25) is 4.55 Å². The van der Waals surface area contributed by atoms with Crippen molar-refractivity contribution in [3.63, 3.8) is 0 Å². The van der Waals surface area contributed by atoms with Gasteiger partial charge in [0.15, 0.2) is 12.3 Å². The zero-order chi connectivity index (χ0) is 30.8. The second-order valence-electron chi connectivity index (χ2n) is 11.9. The minimum Gasteiger partial charge on any atom is -0.439 e. The minimum absolute atomic E-state index is 0.261. The van der Waals surface area contributed by atoms with Crippen LogP contribution in [0.5, 0.6) is 5.75 Å². The van der Waals surface area contributed by atoms with Crippen LogP contribution in [0.1, 0.15) is 52.3 Å². The maximum absolute atomic E-state index is 11.3. The van der Waals surface area contributed by atoms with E-state index in [-0.39, 0.29) is 5.75 Å². The molecule has 0 atom stereocenters. The van der Waals surface area contributed by atoms with Gasteiger partial charge in [-0.25, -0.2) is 0 Å². The van der Waals surface area contributed by atoms with Gasteiger partial charge in [-0.2, -0.15) is 13.0 Å². The van der Waals surface area contributed by atoms with Crippen LogP contribution < -0.4 is 14.2 Å². The van der Waals surface area contributed by atoms with Crippen molar-refractivity contribution in [3.05, 3.63) is 96.2 Å². The molecule has 4 aromatic carbocycles. The molecule has 44 heavy (non-hydrogen) atoms. The number of hydrogen-bond acceptors (Lipinski definition) is 5. The third-order valence-corrected chi connectivity index (χ3v) is 9.01. The molecule has 0 radical (unpaired) electrons. The van der Waals surface area contributed by atoms with E-state index < -0.39 is 10.1 Å². The standard InChI is InChI=1S/C36H38N2O5S/c1-4-26(22-35-38(19-17-25(2)3)36-30-14-8-7-11-27(30)15-16-32(36)42-35)21-34-37(18-9-10-20-44(39,40)41)31-23-28-12-5-6-13-29(28)24-33(31)43-34/h5-8,11-16,21-25H,4,9-10,17-20H2,1-3H3/p+1. The Kier molecular flexibility index (Phi) is 8.47. The van der Waals surface area contributed by atoms with Crippen molar-refractivity contribution in [2.45, 2.75) is 53.0 Å². The van der Waals surface area contributed by atoms with E-state index in [2.05, 4.69) is 103 Å². The molecule has 1 aliphatic heterocycles. The molecule has 0 unspecified atom stereocenters. The number of unbranched alkanes of at least 4 members (excludes halogenated alkanes) is 1. The monoisotopic (exact) mass is 611 g/mol. The number of benzene rings is 4. The second-order valence-corrected chi connectivity index (χ2v) is 13.4. The lowest BCUT2D eigenvalue weighted by Gasteiger charge is -2.19. The van der Waals surface area contributed by atoms with E-state index in [1.54, 1.807) is 0 Å². The van der Waals surface area contributed by atoms with E-state index in [4.69, 9.17) is 9.15 Å². The third-order valence-electron chi connectivity index (χ3n) is 8.20. The molecule has 228 valence electrons. The maximum atomic E-state index is 11.3. The Morgan fingerprint density at radius 2 is 1.70 bits per heavy atom. The van der Waals surface area contributed by atoms with E-state index in [0.717, 1.165) is 64.2 Å². The van der Waals surface area contributed by atoms with E-state index in [0.29, 0.717) is 31.2 Å². The van der Waals surface area contributed by atoms with Gasteiger partial charge in [0.2, 0.25) is 11.5 Å². The Hall–Kier alpha value is -4.14. The van der Waals surface area contributed by atoms with E-state index in [1.807, 2.05) is 12.1 Å². The normalized spacial score (nSPS) is 14.8. The lowest BCUT2D eigenvalue weighted by atomic mass is 10.1. The fraction of sp³-hybridized carbons (Fsp3) is 0.306. The number of rotatable bonds is 11. The quantitative estimate of drug-likeness (QED) is 0.0919. The van der Waals surface area contributed by atoms with Crippen LogP contribution in [0.25, 0.3) is 38.7 Å². The molecule has 5 aromatic rings. The topological polar surface area (TPSA) is 83.9 Å². The Labute approximate surface area is 258 Å². The molecule has 1 aromatic heterocycles. The van der Waals surface area contributed by atoms with Gasteiger partial charge in [-0.05, 0) is 71.2 Å². The highest BCUT2D eigenvalue weighted by Crippen LogP contribution is 2.42. The summed E-state index contributed by atoms with van der Waals surface area (Å²) in [7, 11) is -4.01. The molecule has 1 aliphatic rings. The molecule has 6 rings (SSSR count). The molecule has 8 heteroatoms. The van der Waals surface area contributed by atoms with Crippen LogP contribution in [0, 0.1) is 5.92 Å². The fourth-order valence-electron chi connectivity index (χ4n) is 5.83. The summed E-state index contributed by atoms with van der Waals surface area (Å²) in [6.07, 6.45) is 6.88. The van der Waals surface area contributed by atoms with Crippen molar-refractivity contribution in [2.24, 2.45) is 5.92 Å². The number of ether oxygens (including phenoxy) is 1. The van der Waals surface area contributed by atoms with Crippen LogP contribution in [-0.4, -0.2) is 25.3 Å². The number of fused-ring (bicyclic) bond motifs is 5. The first-order chi connectivity index (χ1) is 21.2. The first-order valence-corrected chi connectivity index (χ1v) is 17.0. The predicted molar refractivity (Wildman–Crippen MR) is 177 cm³/mol. The summed E-state index contributed by atoms with van der Waals surface area (Å²) < 4.78 is 47.2. The number of nitrogens with zero attached hydrogens (tertiary/aromatic N) is 2. The van der Waals surface area contributed by atoms with Crippen LogP contribution in [0.3, 0.4) is 0 Å².